The van der Waals surface area contributed by atoms with E-state index in [1.165, 1.54) is 53.7 Å². The molecule has 2 aromatic carbocycles. The molecule has 1 atom stereocenters. The van der Waals surface area contributed by atoms with Gasteiger partial charge in [-0.2, -0.15) is 0 Å². The third-order valence-corrected chi connectivity index (χ3v) is 5.59. The highest BCUT2D eigenvalue weighted by atomic mass is 16.6. The SMILES string of the molecule is CCCOC(=O)c1cccc(N2C(=O)C(=O)/C(=C(/O)c3ccc([N+](=O)[O-])cc3)C2c2cccnc2)c1. The van der Waals surface area contributed by atoms with Crippen LogP contribution in [-0.2, 0) is 14.3 Å². The third-order valence-electron chi connectivity index (χ3n) is 5.59. The molecule has 0 aliphatic carbocycles. The van der Waals surface area contributed by atoms with Crippen LogP contribution in [0, 0.1) is 10.1 Å². The van der Waals surface area contributed by atoms with Crippen LogP contribution in [0.1, 0.15) is 40.9 Å². The Morgan fingerprint density at radius 1 is 1.11 bits per heavy atom. The van der Waals surface area contributed by atoms with Gasteiger partial charge in [0.15, 0.2) is 0 Å². The number of Topliss-reactive ketones (excluding diaryl/α,β-unsaturated/α-hetero) is 1. The number of hydrogen-bond acceptors (Lipinski definition) is 8. The van der Waals surface area contributed by atoms with Gasteiger partial charge in [0, 0.05) is 35.8 Å². The summed E-state index contributed by atoms with van der Waals surface area (Å²) in [5, 5.41) is 22.1. The molecule has 10 nitrogen and oxygen atoms in total. The molecule has 3 aromatic rings. The molecular weight excluding hydrogens is 466 g/mol. The second-order valence-electron chi connectivity index (χ2n) is 7.95. The molecule has 1 N–H and O–H groups in total. The molecule has 1 unspecified atom stereocenters. The average Bonchev–Trinajstić information content (AvgIpc) is 3.17. The molecule has 1 aliphatic heterocycles. The van der Waals surface area contributed by atoms with Crippen LogP contribution in [0.3, 0.4) is 0 Å². The number of benzene rings is 2. The lowest BCUT2D eigenvalue weighted by Crippen LogP contribution is -2.29. The summed E-state index contributed by atoms with van der Waals surface area (Å²) in [5.74, 6) is -2.91. The number of anilines is 1. The fraction of sp³-hybridized carbons (Fsp3) is 0.154. The van der Waals surface area contributed by atoms with E-state index >= 15 is 0 Å². The van der Waals surface area contributed by atoms with Gasteiger partial charge in [-0.3, -0.25) is 29.6 Å². The topological polar surface area (TPSA) is 140 Å². The molecule has 36 heavy (non-hydrogen) atoms. The second-order valence-corrected chi connectivity index (χ2v) is 7.95. The molecule has 0 spiro atoms. The summed E-state index contributed by atoms with van der Waals surface area (Å²) < 4.78 is 5.18. The van der Waals surface area contributed by atoms with Crippen LogP contribution in [0.15, 0.2) is 78.6 Å². The van der Waals surface area contributed by atoms with Crippen LogP contribution < -0.4 is 4.90 Å². The maximum atomic E-state index is 13.2. The van der Waals surface area contributed by atoms with Gasteiger partial charge in [0.1, 0.15) is 5.76 Å². The Hall–Kier alpha value is -4.86. The monoisotopic (exact) mass is 487 g/mol. The molecule has 1 saturated heterocycles. The number of carbonyl (C=O) groups excluding carboxylic acids is 3. The van der Waals surface area contributed by atoms with Crippen molar-refractivity contribution in [3.05, 3.63) is 105 Å². The van der Waals surface area contributed by atoms with E-state index in [9.17, 15) is 29.6 Å². The summed E-state index contributed by atoms with van der Waals surface area (Å²) in [6.45, 7) is 2.10. The van der Waals surface area contributed by atoms with E-state index in [-0.39, 0.29) is 34.7 Å². The molecule has 4 rings (SSSR count). The predicted octanol–water partition coefficient (Wildman–Crippen LogP) is 4.18. The van der Waals surface area contributed by atoms with Crippen molar-refractivity contribution in [3.8, 4) is 0 Å². The van der Waals surface area contributed by atoms with Crippen LogP contribution in [0.2, 0.25) is 0 Å². The Kier molecular flexibility index (Phi) is 6.86. The molecule has 0 saturated carbocycles. The highest BCUT2D eigenvalue weighted by Crippen LogP contribution is 2.42. The lowest BCUT2D eigenvalue weighted by atomic mass is 9.96. The number of nitrogens with zero attached hydrogens (tertiary/aromatic N) is 3. The number of aliphatic hydroxyl groups is 1. The van der Waals surface area contributed by atoms with Crippen molar-refractivity contribution in [2.45, 2.75) is 19.4 Å². The summed E-state index contributed by atoms with van der Waals surface area (Å²) in [5.41, 5.74) is 0.620. The van der Waals surface area contributed by atoms with E-state index in [0.717, 1.165) is 0 Å². The number of aromatic nitrogens is 1. The Morgan fingerprint density at radius 3 is 2.50 bits per heavy atom. The minimum Gasteiger partial charge on any atom is -0.507 e. The number of pyridine rings is 1. The number of non-ortho nitro benzene ring substituents is 1. The summed E-state index contributed by atoms with van der Waals surface area (Å²) in [7, 11) is 0. The highest BCUT2D eigenvalue weighted by molar-refractivity contribution is 6.51. The summed E-state index contributed by atoms with van der Waals surface area (Å²) in [4.78, 5) is 54.5. The van der Waals surface area contributed by atoms with Gasteiger partial charge in [-0.1, -0.05) is 19.1 Å². The zero-order valence-corrected chi connectivity index (χ0v) is 19.2. The van der Waals surface area contributed by atoms with Crippen molar-refractivity contribution in [1.29, 1.82) is 0 Å². The number of amides is 1. The first kappa shape index (κ1) is 24.3. The number of nitro benzene ring substituents is 1. The fourth-order valence-electron chi connectivity index (χ4n) is 3.91. The number of hydrogen-bond donors (Lipinski definition) is 1. The molecule has 1 aromatic heterocycles. The number of nitro groups is 1. The van der Waals surface area contributed by atoms with Crippen molar-refractivity contribution >= 4 is 34.8 Å². The Bertz CT molecular complexity index is 1370. The highest BCUT2D eigenvalue weighted by Gasteiger charge is 2.47. The third kappa shape index (κ3) is 4.56. The largest absolute Gasteiger partial charge is 0.507 e. The van der Waals surface area contributed by atoms with Gasteiger partial charge in [0.05, 0.1) is 28.7 Å². The maximum Gasteiger partial charge on any atom is 0.338 e. The van der Waals surface area contributed by atoms with Gasteiger partial charge in [-0.15, -0.1) is 0 Å². The van der Waals surface area contributed by atoms with Crippen molar-refractivity contribution in [1.82, 2.24) is 4.98 Å². The first-order valence-electron chi connectivity index (χ1n) is 11.1. The van der Waals surface area contributed by atoms with Crippen LogP contribution >= 0.6 is 0 Å². The minimum absolute atomic E-state index is 0.129. The van der Waals surface area contributed by atoms with Gasteiger partial charge in [-0.05, 0) is 48.4 Å². The van der Waals surface area contributed by atoms with Crippen LogP contribution in [0.4, 0.5) is 11.4 Å². The predicted molar refractivity (Wildman–Crippen MR) is 129 cm³/mol. The standard InChI is InChI=1S/C26H21N3O7/c1-2-13-36-26(33)17-5-3-7-20(14-17)28-22(18-6-4-12-27-15-18)21(24(31)25(28)32)23(30)16-8-10-19(11-9-16)29(34)35/h3-12,14-15,22,30H,2,13H2,1H3/b23-21+. The second kappa shape index (κ2) is 10.2. The molecule has 1 amide bonds. The number of aliphatic hydroxyl groups excluding tert-OH is 1. The van der Waals surface area contributed by atoms with Crippen molar-refractivity contribution < 1.29 is 29.2 Å². The maximum absolute atomic E-state index is 13.2. The summed E-state index contributed by atoms with van der Waals surface area (Å²) in [6, 6.07) is 13.3. The smallest absolute Gasteiger partial charge is 0.338 e. The zero-order valence-electron chi connectivity index (χ0n) is 19.2. The summed E-state index contributed by atoms with van der Waals surface area (Å²) >= 11 is 0. The lowest BCUT2D eigenvalue weighted by molar-refractivity contribution is -0.384. The van der Waals surface area contributed by atoms with Gasteiger partial charge in [0.2, 0.25) is 0 Å². The first-order chi connectivity index (χ1) is 17.3. The quantitative estimate of drug-likeness (QED) is 0.131. The molecule has 1 aliphatic rings. The van der Waals surface area contributed by atoms with Gasteiger partial charge in [0.25, 0.3) is 17.4 Å². The molecule has 2 heterocycles. The van der Waals surface area contributed by atoms with E-state index in [4.69, 9.17) is 4.74 Å². The number of rotatable bonds is 7. The summed E-state index contributed by atoms with van der Waals surface area (Å²) in [6.07, 6.45) is 3.63. The molecule has 0 bridgehead atoms. The molecule has 10 heteroatoms. The van der Waals surface area contributed by atoms with Crippen molar-refractivity contribution in [2.75, 3.05) is 11.5 Å². The van der Waals surface area contributed by atoms with Crippen LogP contribution in [0.5, 0.6) is 0 Å². The Balaban J connectivity index is 1.84. The molecule has 182 valence electrons. The van der Waals surface area contributed by atoms with Crippen molar-refractivity contribution in [3.63, 3.8) is 0 Å². The van der Waals surface area contributed by atoms with Gasteiger partial charge in [-0.25, -0.2) is 4.79 Å². The van der Waals surface area contributed by atoms with Crippen LogP contribution in [0.25, 0.3) is 5.76 Å². The van der Waals surface area contributed by atoms with E-state index in [0.29, 0.717) is 12.0 Å². The van der Waals surface area contributed by atoms with E-state index in [1.807, 2.05) is 6.92 Å². The van der Waals surface area contributed by atoms with E-state index in [2.05, 4.69) is 4.98 Å². The van der Waals surface area contributed by atoms with Gasteiger partial charge < -0.3 is 9.84 Å². The number of ketones is 1. The number of carbonyl (C=O) groups is 3. The number of ether oxygens (including phenoxy) is 1. The zero-order chi connectivity index (χ0) is 25.8. The lowest BCUT2D eigenvalue weighted by Gasteiger charge is -2.25. The average molecular weight is 487 g/mol. The van der Waals surface area contributed by atoms with Gasteiger partial charge >= 0.3 is 5.97 Å². The van der Waals surface area contributed by atoms with E-state index < -0.39 is 34.4 Å². The Labute approximate surface area is 205 Å². The van der Waals surface area contributed by atoms with Crippen LogP contribution in [-0.4, -0.2) is 39.3 Å². The minimum atomic E-state index is -1.06. The Morgan fingerprint density at radius 2 is 1.86 bits per heavy atom. The first-order valence-corrected chi connectivity index (χ1v) is 11.1. The molecular formula is C26H21N3O7. The normalized spacial score (nSPS) is 16.7. The molecule has 0 radical (unpaired) electrons. The van der Waals surface area contributed by atoms with Crippen molar-refractivity contribution in [2.24, 2.45) is 0 Å². The fourth-order valence-corrected chi connectivity index (χ4v) is 3.91. The molecule has 1 fully saturated rings. The number of esters is 1. The van der Waals surface area contributed by atoms with E-state index in [1.54, 1.807) is 24.3 Å².